The number of benzene rings is 2. The van der Waals surface area contributed by atoms with Crippen LogP contribution in [0.4, 0.5) is 13.2 Å². The zero-order valence-corrected chi connectivity index (χ0v) is 17.3. The third-order valence-corrected chi connectivity index (χ3v) is 6.15. The minimum absolute atomic E-state index is 0.139. The molecule has 1 N–H and O–H groups in total. The fourth-order valence-electron chi connectivity index (χ4n) is 3.23. The molecule has 2 rings (SSSR count). The Morgan fingerprint density at radius 1 is 0.964 bits per heavy atom. The van der Waals surface area contributed by atoms with Crippen LogP contribution in [0.25, 0.3) is 0 Å². The number of para-hydroxylation sites is 1. The van der Waals surface area contributed by atoms with Crippen molar-refractivity contribution < 1.29 is 26.3 Å². The molecule has 0 aliphatic rings. The molecule has 8 heteroatoms. The lowest BCUT2D eigenvalue weighted by Gasteiger charge is -2.24. The number of nitrogens with one attached hydrogen (secondary N) is 1. The number of halogens is 3. The lowest BCUT2D eigenvalue weighted by molar-refractivity contribution is -0.157. The molecule has 0 aromatic heterocycles. The number of rotatable bonds is 6. The van der Waals surface area contributed by atoms with Crippen LogP contribution in [0.1, 0.15) is 27.8 Å². The number of hydrogen-bond acceptors (Lipinski definition) is 3. The van der Waals surface area contributed by atoms with Crippen molar-refractivity contribution in [2.45, 2.75) is 51.7 Å². The van der Waals surface area contributed by atoms with Crippen molar-refractivity contribution in [3.8, 4) is 5.75 Å². The van der Waals surface area contributed by atoms with Crippen LogP contribution in [0.15, 0.2) is 35.2 Å². The number of hydrogen-bond donors (Lipinski definition) is 1. The molecule has 0 spiro atoms. The van der Waals surface area contributed by atoms with E-state index in [2.05, 4.69) is 0 Å². The van der Waals surface area contributed by atoms with E-state index < -0.39 is 28.8 Å². The molecule has 0 bridgehead atoms. The number of sulfonamides is 1. The van der Waals surface area contributed by atoms with Crippen molar-refractivity contribution in [3.63, 3.8) is 0 Å². The highest BCUT2D eigenvalue weighted by Gasteiger charge is 2.43. The summed E-state index contributed by atoms with van der Waals surface area (Å²) in [6.45, 7) is 7.48. The zero-order valence-electron chi connectivity index (χ0n) is 16.4. The maximum Gasteiger partial charge on any atom is 0.408 e. The van der Waals surface area contributed by atoms with E-state index in [-0.39, 0.29) is 4.90 Å². The summed E-state index contributed by atoms with van der Waals surface area (Å²) >= 11 is 0. The summed E-state index contributed by atoms with van der Waals surface area (Å²) in [4.78, 5) is -0.139. The summed E-state index contributed by atoms with van der Waals surface area (Å²) in [6, 6.07) is 6.07. The first-order valence-electron chi connectivity index (χ1n) is 8.69. The molecule has 0 saturated heterocycles. The SMILES string of the molecule is Cc1cc(C)c(S(=O)(=O)NC(COc2c(C)cccc2C)C(F)(F)F)c(C)c1. The van der Waals surface area contributed by atoms with Gasteiger partial charge in [-0.2, -0.15) is 17.9 Å². The summed E-state index contributed by atoms with van der Waals surface area (Å²) in [5.41, 5.74) is 2.96. The Morgan fingerprint density at radius 2 is 1.46 bits per heavy atom. The van der Waals surface area contributed by atoms with Crippen molar-refractivity contribution in [1.29, 1.82) is 0 Å². The van der Waals surface area contributed by atoms with Crippen LogP contribution in [0.5, 0.6) is 5.75 Å². The lowest BCUT2D eigenvalue weighted by atomic mass is 10.1. The predicted molar refractivity (Wildman–Crippen MR) is 102 cm³/mol. The van der Waals surface area contributed by atoms with Crippen LogP contribution in [0.3, 0.4) is 0 Å². The molecule has 0 fully saturated rings. The fourth-order valence-corrected chi connectivity index (χ4v) is 4.89. The van der Waals surface area contributed by atoms with Gasteiger partial charge in [0.2, 0.25) is 10.0 Å². The zero-order chi connectivity index (χ0) is 21.3. The van der Waals surface area contributed by atoms with Gasteiger partial charge in [-0.3, -0.25) is 0 Å². The first-order valence-corrected chi connectivity index (χ1v) is 10.2. The molecule has 0 aliphatic heterocycles. The summed E-state index contributed by atoms with van der Waals surface area (Å²) in [5.74, 6) is 0.318. The second-order valence-electron chi connectivity index (χ2n) is 6.98. The molecule has 1 unspecified atom stereocenters. The third-order valence-electron chi connectivity index (χ3n) is 4.37. The van der Waals surface area contributed by atoms with Gasteiger partial charge in [-0.05, 0) is 56.9 Å². The molecule has 0 heterocycles. The second kappa shape index (κ2) is 8.13. The van der Waals surface area contributed by atoms with E-state index in [1.54, 1.807) is 69.7 Å². The molecule has 0 saturated carbocycles. The van der Waals surface area contributed by atoms with Gasteiger partial charge in [-0.1, -0.05) is 35.9 Å². The molecular formula is C20H24F3NO3S. The maximum atomic E-state index is 13.5. The largest absolute Gasteiger partial charge is 0.491 e. The molecule has 2 aromatic carbocycles. The first kappa shape index (κ1) is 22.2. The van der Waals surface area contributed by atoms with E-state index in [0.717, 1.165) is 5.56 Å². The van der Waals surface area contributed by atoms with Crippen LogP contribution < -0.4 is 9.46 Å². The van der Waals surface area contributed by atoms with Crippen molar-refractivity contribution in [2.75, 3.05) is 6.61 Å². The van der Waals surface area contributed by atoms with E-state index in [9.17, 15) is 21.6 Å². The van der Waals surface area contributed by atoms with Gasteiger partial charge >= 0.3 is 6.18 Å². The van der Waals surface area contributed by atoms with Gasteiger partial charge in [0.05, 0.1) is 4.90 Å². The molecule has 0 amide bonds. The molecule has 0 radical (unpaired) electrons. The van der Waals surface area contributed by atoms with Crippen LogP contribution >= 0.6 is 0 Å². The molecule has 154 valence electrons. The van der Waals surface area contributed by atoms with E-state index in [0.29, 0.717) is 28.0 Å². The van der Waals surface area contributed by atoms with Gasteiger partial charge in [0.1, 0.15) is 12.4 Å². The van der Waals surface area contributed by atoms with Crippen molar-refractivity contribution in [3.05, 3.63) is 58.1 Å². The Balaban J connectivity index is 2.32. The van der Waals surface area contributed by atoms with Crippen molar-refractivity contribution >= 4 is 10.0 Å². The van der Waals surface area contributed by atoms with Crippen LogP contribution in [0, 0.1) is 34.6 Å². The van der Waals surface area contributed by atoms with Gasteiger partial charge in [-0.25, -0.2) is 8.42 Å². The first-order chi connectivity index (χ1) is 12.8. The molecule has 1 atom stereocenters. The standard InChI is InChI=1S/C20H24F3NO3S/c1-12-9-15(4)19(16(5)10-12)28(25,26)24-17(20(21,22)23)11-27-18-13(2)7-6-8-14(18)3/h6-10,17,24H,11H2,1-5H3. The fraction of sp³-hybridized carbons (Fsp3) is 0.400. The highest BCUT2D eigenvalue weighted by molar-refractivity contribution is 7.89. The Hall–Kier alpha value is -2.06. The minimum atomic E-state index is -4.81. The number of aryl methyl sites for hydroxylation is 5. The van der Waals surface area contributed by atoms with E-state index >= 15 is 0 Å². The van der Waals surface area contributed by atoms with Gasteiger partial charge in [-0.15, -0.1) is 0 Å². The average Bonchev–Trinajstić information content (AvgIpc) is 2.50. The topological polar surface area (TPSA) is 55.4 Å². The number of ether oxygens (including phenoxy) is 1. The van der Waals surface area contributed by atoms with Crippen LogP contribution in [-0.4, -0.2) is 27.2 Å². The van der Waals surface area contributed by atoms with E-state index in [4.69, 9.17) is 4.74 Å². The highest BCUT2D eigenvalue weighted by atomic mass is 32.2. The average molecular weight is 415 g/mol. The molecule has 2 aromatic rings. The third kappa shape index (κ3) is 5.05. The molecule has 28 heavy (non-hydrogen) atoms. The summed E-state index contributed by atoms with van der Waals surface area (Å²) < 4.78 is 73.2. The van der Waals surface area contributed by atoms with Gasteiger partial charge in [0, 0.05) is 0 Å². The van der Waals surface area contributed by atoms with Crippen LogP contribution in [-0.2, 0) is 10.0 Å². The van der Waals surface area contributed by atoms with Gasteiger partial charge < -0.3 is 4.74 Å². The summed E-state index contributed by atoms with van der Waals surface area (Å²) in [7, 11) is -4.40. The van der Waals surface area contributed by atoms with Gasteiger partial charge in [0.25, 0.3) is 0 Å². The maximum absolute atomic E-state index is 13.5. The van der Waals surface area contributed by atoms with Crippen LogP contribution in [0.2, 0.25) is 0 Å². The minimum Gasteiger partial charge on any atom is -0.491 e. The second-order valence-corrected chi connectivity index (χ2v) is 8.63. The predicted octanol–water partition coefficient (Wildman–Crippen LogP) is 4.52. The Kier molecular flexibility index (Phi) is 6.45. The smallest absolute Gasteiger partial charge is 0.408 e. The normalized spacial score (nSPS) is 13.4. The Labute approximate surface area is 163 Å². The van der Waals surface area contributed by atoms with E-state index in [1.165, 1.54) is 0 Å². The monoisotopic (exact) mass is 415 g/mol. The number of alkyl halides is 3. The Morgan fingerprint density at radius 3 is 1.93 bits per heavy atom. The van der Waals surface area contributed by atoms with Crippen molar-refractivity contribution in [2.24, 2.45) is 0 Å². The Bertz CT molecular complexity index is 926. The van der Waals surface area contributed by atoms with Gasteiger partial charge in [0.15, 0.2) is 6.04 Å². The lowest BCUT2D eigenvalue weighted by Crippen LogP contribution is -2.49. The molecule has 4 nitrogen and oxygen atoms in total. The highest BCUT2D eigenvalue weighted by Crippen LogP contribution is 2.28. The van der Waals surface area contributed by atoms with E-state index in [1.807, 2.05) is 0 Å². The quantitative estimate of drug-likeness (QED) is 0.755. The molecular weight excluding hydrogens is 391 g/mol. The summed E-state index contributed by atoms with van der Waals surface area (Å²) in [5, 5.41) is 0. The summed E-state index contributed by atoms with van der Waals surface area (Å²) in [6.07, 6.45) is -4.81. The molecule has 0 aliphatic carbocycles. The van der Waals surface area contributed by atoms with Crippen molar-refractivity contribution in [1.82, 2.24) is 4.72 Å².